The first-order valence-corrected chi connectivity index (χ1v) is 5.18. The van der Waals surface area contributed by atoms with E-state index in [9.17, 15) is 13.2 Å². The molecule has 0 saturated heterocycles. The van der Waals surface area contributed by atoms with Gasteiger partial charge in [0.05, 0.1) is 5.56 Å². The molecule has 18 heavy (non-hydrogen) atoms. The van der Waals surface area contributed by atoms with Crippen LogP contribution in [0, 0.1) is 0 Å². The third-order valence-corrected chi connectivity index (χ3v) is 2.39. The van der Waals surface area contributed by atoms with E-state index in [1.54, 1.807) is 24.4 Å². The Morgan fingerprint density at radius 2 is 1.89 bits per heavy atom. The predicted octanol–water partition coefficient (Wildman–Crippen LogP) is 2.67. The highest BCUT2D eigenvalue weighted by atomic mass is 19.4. The highest BCUT2D eigenvalue weighted by molar-refractivity contribution is 5.48. The van der Waals surface area contributed by atoms with Gasteiger partial charge in [0.2, 0.25) is 0 Å². The molecule has 0 bridgehead atoms. The molecule has 0 aromatic carbocycles. The summed E-state index contributed by atoms with van der Waals surface area (Å²) >= 11 is 0. The third-order valence-electron chi connectivity index (χ3n) is 2.39. The smallest absolute Gasteiger partial charge is 0.398 e. The van der Waals surface area contributed by atoms with Crippen molar-refractivity contribution in [2.75, 3.05) is 5.73 Å². The van der Waals surface area contributed by atoms with Crippen LogP contribution in [0.1, 0.15) is 17.0 Å². The number of nitrogens with two attached hydrogens (primary N) is 1. The van der Waals surface area contributed by atoms with Gasteiger partial charge in [0.15, 0.2) is 0 Å². The number of alkyl halides is 3. The average Bonchev–Trinajstić information content (AvgIpc) is 2.28. The van der Waals surface area contributed by atoms with Crippen molar-refractivity contribution >= 4 is 5.69 Å². The molecule has 2 aromatic rings. The highest BCUT2D eigenvalue weighted by Gasteiger charge is 2.33. The van der Waals surface area contributed by atoms with Crippen molar-refractivity contribution in [1.29, 1.82) is 0 Å². The van der Waals surface area contributed by atoms with E-state index in [1.807, 2.05) is 0 Å². The molecule has 0 amide bonds. The van der Waals surface area contributed by atoms with Gasteiger partial charge < -0.3 is 5.73 Å². The van der Waals surface area contributed by atoms with Crippen molar-refractivity contribution in [2.45, 2.75) is 12.6 Å². The Morgan fingerprint density at radius 1 is 1.11 bits per heavy atom. The molecule has 2 rings (SSSR count). The number of halogens is 3. The lowest BCUT2D eigenvalue weighted by Crippen LogP contribution is -2.10. The summed E-state index contributed by atoms with van der Waals surface area (Å²) in [6.07, 6.45) is -1.75. The first-order chi connectivity index (χ1) is 8.47. The zero-order chi connectivity index (χ0) is 13.2. The molecule has 0 atom stereocenters. The summed E-state index contributed by atoms with van der Waals surface area (Å²) in [6.45, 7) is 0. The minimum atomic E-state index is -4.47. The van der Waals surface area contributed by atoms with Crippen LogP contribution >= 0.6 is 0 Å². The summed E-state index contributed by atoms with van der Waals surface area (Å²) in [6, 6.07) is 6.57. The number of pyridine rings is 2. The van der Waals surface area contributed by atoms with Gasteiger partial charge in [0, 0.05) is 35.9 Å². The van der Waals surface area contributed by atoms with Crippen LogP contribution in [0.25, 0.3) is 0 Å². The molecule has 3 nitrogen and oxygen atoms in total. The maximum absolute atomic E-state index is 12.5. The van der Waals surface area contributed by atoms with Crippen LogP contribution in [-0.4, -0.2) is 9.97 Å². The number of nitrogens with zero attached hydrogens (tertiary/aromatic N) is 2. The van der Waals surface area contributed by atoms with Crippen molar-refractivity contribution in [3.8, 4) is 0 Å². The molecular formula is C12H10F3N3. The van der Waals surface area contributed by atoms with Crippen LogP contribution in [0.3, 0.4) is 0 Å². The summed E-state index contributed by atoms with van der Waals surface area (Å²) in [5, 5.41) is 0. The highest BCUT2D eigenvalue weighted by Crippen LogP contribution is 2.33. The molecule has 6 heteroatoms. The predicted molar refractivity (Wildman–Crippen MR) is 60.7 cm³/mol. The van der Waals surface area contributed by atoms with Gasteiger partial charge in [0.1, 0.15) is 0 Å². The lowest BCUT2D eigenvalue weighted by molar-refractivity contribution is -0.137. The average molecular weight is 253 g/mol. The lowest BCUT2D eigenvalue weighted by Gasteiger charge is -2.10. The quantitative estimate of drug-likeness (QED) is 0.895. The zero-order valence-corrected chi connectivity index (χ0v) is 9.28. The maximum Gasteiger partial charge on any atom is 0.419 e. The van der Waals surface area contributed by atoms with Crippen molar-refractivity contribution < 1.29 is 13.2 Å². The van der Waals surface area contributed by atoms with Gasteiger partial charge in [-0.05, 0) is 18.2 Å². The minimum absolute atomic E-state index is 0.316. The summed E-state index contributed by atoms with van der Waals surface area (Å²) in [7, 11) is 0. The van der Waals surface area contributed by atoms with Gasteiger partial charge in [-0.1, -0.05) is 6.07 Å². The number of rotatable bonds is 2. The lowest BCUT2D eigenvalue weighted by atomic mass is 10.1. The fourth-order valence-corrected chi connectivity index (χ4v) is 1.54. The molecule has 0 unspecified atom stereocenters. The standard InChI is InChI=1S/C12H10F3N3/c13-12(14,15)10-7-18-9(6-11(10)16)5-8-3-1-2-4-17-8/h1-4,6-7H,5H2,(H2,16,18). The molecule has 0 aliphatic rings. The van der Waals surface area contributed by atoms with E-state index < -0.39 is 11.7 Å². The molecular weight excluding hydrogens is 243 g/mol. The van der Waals surface area contributed by atoms with Crippen LogP contribution in [-0.2, 0) is 12.6 Å². The molecule has 2 heterocycles. The van der Waals surface area contributed by atoms with Crippen molar-refractivity contribution in [3.63, 3.8) is 0 Å². The third kappa shape index (κ3) is 2.77. The molecule has 0 radical (unpaired) electrons. The SMILES string of the molecule is Nc1cc(Cc2ccccn2)ncc1C(F)(F)F. The van der Waals surface area contributed by atoms with Crippen molar-refractivity contribution in [3.05, 3.63) is 53.6 Å². The fraction of sp³-hybridized carbons (Fsp3) is 0.167. The zero-order valence-electron chi connectivity index (χ0n) is 9.28. The Hall–Kier alpha value is -2.11. The van der Waals surface area contributed by atoms with Crippen molar-refractivity contribution in [2.24, 2.45) is 0 Å². The van der Waals surface area contributed by atoms with Crippen LogP contribution in [0.15, 0.2) is 36.7 Å². The van der Waals surface area contributed by atoms with Gasteiger partial charge in [0.25, 0.3) is 0 Å². The number of hydrogen-bond acceptors (Lipinski definition) is 3. The molecule has 94 valence electrons. The van der Waals surface area contributed by atoms with E-state index in [0.29, 0.717) is 12.1 Å². The maximum atomic E-state index is 12.5. The number of anilines is 1. The molecule has 2 N–H and O–H groups in total. The molecule has 2 aromatic heterocycles. The van der Waals surface area contributed by atoms with Gasteiger partial charge in [-0.2, -0.15) is 13.2 Å². The molecule has 0 saturated carbocycles. The van der Waals surface area contributed by atoms with Crippen LogP contribution in [0.2, 0.25) is 0 Å². The van der Waals surface area contributed by atoms with E-state index in [4.69, 9.17) is 5.73 Å². The van der Waals surface area contributed by atoms with Gasteiger partial charge in [-0.15, -0.1) is 0 Å². The van der Waals surface area contributed by atoms with E-state index in [-0.39, 0.29) is 5.69 Å². The molecule has 0 spiro atoms. The number of hydrogen-bond donors (Lipinski definition) is 1. The Kier molecular flexibility index (Phi) is 3.18. The summed E-state index contributed by atoms with van der Waals surface area (Å²) in [4.78, 5) is 7.83. The van der Waals surface area contributed by atoms with Crippen molar-refractivity contribution in [1.82, 2.24) is 9.97 Å². The normalized spacial score (nSPS) is 11.5. The Bertz CT molecular complexity index is 538. The largest absolute Gasteiger partial charge is 0.419 e. The fourth-order valence-electron chi connectivity index (χ4n) is 1.54. The molecule has 0 fully saturated rings. The number of aromatic nitrogens is 2. The Balaban J connectivity index is 2.25. The van der Waals surface area contributed by atoms with E-state index in [1.165, 1.54) is 6.07 Å². The second-order valence-electron chi connectivity index (χ2n) is 3.76. The summed E-state index contributed by atoms with van der Waals surface area (Å²) < 4.78 is 37.4. The minimum Gasteiger partial charge on any atom is -0.398 e. The van der Waals surface area contributed by atoms with Crippen LogP contribution < -0.4 is 5.73 Å². The number of nitrogen functional groups attached to an aromatic ring is 1. The van der Waals surface area contributed by atoms with E-state index >= 15 is 0 Å². The summed E-state index contributed by atoms with van der Waals surface area (Å²) in [5.41, 5.74) is 5.34. The van der Waals surface area contributed by atoms with E-state index in [2.05, 4.69) is 9.97 Å². The second-order valence-corrected chi connectivity index (χ2v) is 3.76. The molecule has 0 aliphatic heterocycles. The monoisotopic (exact) mass is 253 g/mol. The van der Waals surface area contributed by atoms with Gasteiger partial charge in [-0.3, -0.25) is 9.97 Å². The summed E-state index contributed by atoms with van der Waals surface area (Å²) in [5.74, 6) is 0. The first-order valence-electron chi connectivity index (χ1n) is 5.18. The van der Waals surface area contributed by atoms with Gasteiger partial charge in [-0.25, -0.2) is 0 Å². The van der Waals surface area contributed by atoms with Crippen LogP contribution in [0.4, 0.5) is 18.9 Å². The molecule has 0 aliphatic carbocycles. The van der Waals surface area contributed by atoms with Crippen LogP contribution in [0.5, 0.6) is 0 Å². The Labute approximate surface area is 101 Å². The van der Waals surface area contributed by atoms with E-state index in [0.717, 1.165) is 11.9 Å². The first kappa shape index (κ1) is 12.3. The van der Waals surface area contributed by atoms with Gasteiger partial charge >= 0.3 is 6.18 Å². The topological polar surface area (TPSA) is 51.8 Å². The Morgan fingerprint density at radius 3 is 2.44 bits per heavy atom. The second kappa shape index (κ2) is 4.64.